The van der Waals surface area contributed by atoms with Crippen molar-refractivity contribution in [2.24, 2.45) is 0 Å². The molecule has 0 saturated carbocycles. The molecule has 1 aliphatic heterocycles. The maximum absolute atomic E-state index is 13.3. The summed E-state index contributed by atoms with van der Waals surface area (Å²) in [6, 6.07) is 20.4. The number of cyclic esters (lactones) is 1. The van der Waals surface area contributed by atoms with E-state index in [2.05, 4.69) is 0 Å². The fourth-order valence-electron chi connectivity index (χ4n) is 3.81. The van der Waals surface area contributed by atoms with Gasteiger partial charge in [0.25, 0.3) is 0 Å². The van der Waals surface area contributed by atoms with Gasteiger partial charge < -0.3 is 4.74 Å². The summed E-state index contributed by atoms with van der Waals surface area (Å²) in [5.41, 5.74) is 0.177. The Morgan fingerprint density at radius 3 is 2.46 bits per heavy atom. The molecule has 0 aromatic heterocycles. The minimum absolute atomic E-state index is 0.192. The molecule has 0 spiro atoms. The van der Waals surface area contributed by atoms with E-state index in [9.17, 15) is 9.59 Å². The van der Waals surface area contributed by atoms with Gasteiger partial charge in [-0.1, -0.05) is 79.2 Å². The first-order valence-corrected chi connectivity index (χ1v) is 8.95. The van der Waals surface area contributed by atoms with Gasteiger partial charge in [-0.3, -0.25) is 9.59 Å². The molecular weight excluding hydrogens is 348 g/mol. The number of hydrogen-bond donors (Lipinski definition) is 0. The van der Waals surface area contributed by atoms with Gasteiger partial charge in [0, 0.05) is 10.6 Å². The Balaban J connectivity index is 1.83. The molecule has 2 atom stereocenters. The lowest BCUT2D eigenvalue weighted by Crippen LogP contribution is -2.63. The molecule has 0 unspecified atom stereocenters. The molecule has 1 heterocycles. The number of rotatable bonds is 4. The maximum Gasteiger partial charge on any atom is 0.321 e. The summed E-state index contributed by atoms with van der Waals surface area (Å²) < 4.78 is 5.37. The smallest absolute Gasteiger partial charge is 0.321 e. The number of ketones is 1. The van der Waals surface area contributed by atoms with Crippen LogP contribution in [0.4, 0.5) is 0 Å². The Hall–Kier alpha value is -2.65. The summed E-state index contributed by atoms with van der Waals surface area (Å²) in [6.45, 7) is 1.88. The van der Waals surface area contributed by atoms with Crippen molar-refractivity contribution in [3.05, 3.63) is 82.9 Å². The Bertz CT molecular complexity index is 1020. The van der Waals surface area contributed by atoms with Crippen molar-refractivity contribution in [1.82, 2.24) is 0 Å². The number of ether oxygens (including phenoxy) is 1. The van der Waals surface area contributed by atoms with Gasteiger partial charge in [0.05, 0.1) is 0 Å². The predicted octanol–water partition coefficient (Wildman–Crippen LogP) is 4.95. The van der Waals surface area contributed by atoms with E-state index >= 15 is 0 Å². The van der Waals surface area contributed by atoms with E-state index in [1.807, 2.05) is 49.4 Å². The molecule has 4 heteroatoms. The van der Waals surface area contributed by atoms with Crippen LogP contribution in [0.25, 0.3) is 10.8 Å². The molecule has 1 saturated heterocycles. The van der Waals surface area contributed by atoms with Crippen molar-refractivity contribution < 1.29 is 14.3 Å². The van der Waals surface area contributed by atoms with Gasteiger partial charge in [0.2, 0.25) is 5.78 Å². The average molecular weight is 365 g/mol. The van der Waals surface area contributed by atoms with Gasteiger partial charge in [0.1, 0.15) is 5.41 Å². The molecule has 3 aromatic carbocycles. The van der Waals surface area contributed by atoms with E-state index in [0.717, 1.165) is 10.8 Å². The highest BCUT2D eigenvalue weighted by atomic mass is 35.5. The van der Waals surface area contributed by atoms with E-state index < -0.39 is 17.5 Å². The van der Waals surface area contributed by atoms with Crippen molar-refractivity contribution in [3.63, 3.8) is 0 Å². The van der Waals surface area contributed by atoms with Crippen molar-refractivity contribution in [3.8, 4) is 0 Å². The number of Topliss-reactive ketones (excluding diaryl/α,β-unsaturated/α-hetero) is 1. The van der Waals surface area contributed by atoms with Crippen LogP contribution >= 0.6 is 11.6 Å². The van der Waals surface area contributed by atoms with Crippen LogP contribution in [0.3, 0.4) is 0 Å². The van der Waals surface area contributed by atoms with E-state index in [-0.39, 0.29) is 5.78 Å². The van der Waals surface area contributed by atoms with E-state index in [1.54, 1.807) is 24.3 Å². The fourth-order valence-corrected chi connectivity index (χ4v) is 4.12. The number of fused-ring (bicyclic) bond motifs is 1. The van der Waals surface area contributed by atoms with Crippen molar-refractivity contribution in [1.29, 1.82) is 0 Å². The zero-order valence-corrected chi connectivity index (χ0v) is 15.0. The van der Waals surface area contributed by atoms with Crippen molar-refractivity contribution >= 4 is 34.1 Å². The molecule has 26 heavy (non-hydrogen) atoms. The molecule has 1 aliphatic rings. The zero-order valence-electron chi connectivity index (χ0n) is 14.2. The maximum atomic E-state index is 13.3. The second-order valence-electron chi connectivity index (χ2n) is 6.48. The molecular formula is C22H17ClO3. The molecule has 0 N–H and O–H groups in total. The van der Waals surface area contributed by atoms with Crippen LogP contribution in [-0.4, -0.2) is 17.9 Å². The van der Waals surface area contributed by atoms with Gasteiger partial charge in [-0.15, -0.1) is 0 Å². The minimum Gasteiger partial charge on any atom is -0.452 e. The van der Waals surface area contributed by atoms with Crippen LogP contribution < -0.4 is 0 Å². The highest BCUT2D eigenvalue weighted by molar-refractivity contribution is 6.32. The Morgan fingerprint density at radius 2 is 1.73 bits per heavy atom. The molecule has 4 rings (SSSR count). The van der Waals surface area contributed by atoms with Gasteiger partial charge in [-0.2, -0.15) is 0 Å². The number of carbonyl (C=O) groups is 2. The predicted molar refractivity (Wildman–Crippen MR) is 102 cm³/mol. The van der Waals surface area contributed by atoms with E-state index in [1.165, 1.54) is 0 Å². The first-order valence-electron chi connectivity index (χ1n) is 8.57. The van der Waals surface area contributed by atoms with Gasteiger partial charge in [0.15, 0.2) is 6.10 Å². The molecule has 0 aliphatic carbocycles. The van der Waals surface area contributed by atoms with Gasteiger partial charge in [-0.05, 0) is 28.8 Å². The van der Waals surface area contributed by atoms with Gasteiger partial charge in [-0.25, -0.2) is 0 Å². The molecule has 0 amide bonds. The molecule has 3 aromatic rings. The molecule has 0 radical (unpaired) electrons. The monoisotopic (exact) mass is 364 g/mol. The lowest BCUT2D eigenvalue weighted by atomic mass is 9.67. The normalized spacial score (nSPS) is 21.9. The third kappa shape index (κ3) is 2.27. The van der Waals surface area contributed by atoms with Crippen LogP contribution in [0.2, 0.25) is 5.02 Å². The minimum atomic E-state index is -1.04. The van der Waals surface area contributed by atoms with Crippen LogP contribution in [0.1, 0.15) is 29.3 Å². The quantitative estimate of drug-likeness (QED) is 0.486. The summed E-state index contributed by atoms with van der Waals surface area (Å²) in [5, 5.41) is 2.30. The molecule has 1 fully saturated rings. The fraction of sp³-hybridized carbons (Fsp3) is 0.182. The summed E-state index contributed by atoms with van der Waals surface area (Å²) in [7, 11) is 0. The summed E-state index contributed by atoms with van der Waals surface area (Å²) in [6.07, 6.45) is -0.429. The number of halogens is 1. The molecule has 3 nitrogen and oxygen atoms in total. The third-order valence-electron chi connectivity index (χ3n) is 5.24. The van der Waals surface area contributed by atoms with Crippen LogP contribution in [0.15, 0.2) is 66.7 Å². The van der Waals surface area contributed by atoms with Crippen LogP contribution in [-0.2, 0) is 14.9 Å². The highest BCUT2D eigenvalue weighted by Gasteiger charge is 2.62. The number of carbonyl (C=O) groups excluding carboxylic acids is 2. The second kappa shape index (κ2) is 6.26. The number of benzene rings is 3. The second-order valence-corrected chi connectivity index (χ2v) is 6.89. The molecule has 130 valence electrons. The zero-order chi connectivity index (χ0) is 18.3. The van der Waals surface area contributed by atoms with Crippen LogP contribution in [0, 0.1) is 0 Å². The molecule has 0 bridgehead atoms. The van der Waals surface area contributed by atoms with E-state index in [0.29, 0.717) is 22.6 Å². The largest absolute Gasteiger partial charge is 0.452 e. The standard InChI is InChI=1S/C22H17ClO3/c1-2-22(17-12-5-6-13-18(17)23)20(26-21(22)25)19(24)16-11-7-9-14-8-3-4-10-15(14)16/h3-13,20H,2H2,1H3/t20-,22-/m1/s1. The third-order valence-corrected chi connectivity index (χ3v) is 5.57. The lowest BCUT2D eigenvalue weighted by molar-refractivity contribution is -0.184. The highest BCUT2D eigenvalue weighted by Crippen LogP contribution is 2.47. The SMILES string of the molecule is CC[C@]1(c2ccccc2Cl)C(=O)O[C@@H]1C(=O)c1cccc2ccccc12. The van der Waals surface area contributed by atoms with Crippen molar-refractivity contribution in [2.75, 3.05) is 0 Å². The Labute approximate surface area is 156 Å². The van der Waals surface area contributed by atoms with E-state index in [4.69, 9.17) is 16.3 Å². The topological polar surface area (TPSA) is 43.4 Å². The first kappa shape index (κ1) is 16.8. The summed E-state index contributed by atoms with van der Waals surface area (Å²) in [4.78, 5) is 25.8. The Kier molecular flexibility index (Phi) is 4.04. The lowest BCUT2D eigenvalue weighted by Gasteiger charge is -2.46. The van der Waals surface area contributed by atoms with Crippen molar-refractivity contribution in [2.45, 2.75) is 24.9 Å². The number of esters is 1. The average Bonchev–Trinajstić information content (AvgIpc) is 2.67. The summed E-state index contributed by atoms with van der Waals surface area (Å²) >= 11 is 6.36. The summed E-state index contributed by atoms with van der Waals surface area (Å²) in [5.74, 6) is -0.588. The van der Waals surface area contributed by atoms with Gasteiger partial charge >= 0.3 is 5.97 Å². The first-order chi connectivity index (χ1) is 12.6. The number of hydrogen-bond acceptors (Lipinski definition) is 3. The Morgan fingerprint density at radius 1 is 1.04 bits per heavy atom. The van der Waals surface area contributed by atoms with Crippen LogP contribution in [0.5, 0.6) is 0 Å².